The number of nitrogens with one attached hydrogen (secondary N) is 1. The number of hydrogen-bond donors (Lipinski definition) is 2. The smallest absolute Gasteiger partial charge is 0.241 e. The molecule has 0 aliphatic rings. The number of aryl methyl sites for hydroxylation is 1. The number of benzene rings is 1. The average molecular weight is 317 g/mol. The standard InChI is InChI=1S/C14H23NO5S/c1-9(2)11(16)8-15-21(17,18)14-7-13(20-5)12(19-4)6-10(14)3/h6-7,9,11,15-16H,8H2,1-5H3. The second-order valence-corrected chi connectivity index (χ2v) is 6.87. The molecule has 7 heteroatoms. The minimum atomic E-state index is -3.72. The summed E-state index contributed by atoms with van der Waals surface area (Å²) < 4.78 is 37.3. The van der Waals surface area contributed by atoms with Gasteiger partial charge in [-0.15, -0.1) is 0 Å². The number of hydrogen-bond acceptors (Lipinski definition) is 5. The molecule has 1 aromatic carbocycles. The van der Waals surface area contributed by atoms with Gasteiger partial charge in [-0.25, -0.2) is 13.1 Å². The predicted molar refractivity (Wildman–Crippen MR) is 80.3 cm³/mol. The summed E-state index contributed by atoms with van der Waals surface area (Å²) >= 11 is 0. The molecule has 1 aromatic rings. The van der Waals surface area contributed by atoms with Crippen molar-refractivity contribution in [1.29, 1.82) is 0 Å². The van der Waals surface area contributed by atoms with Gasteiger partial charge in [0.15, 0.2) is 11.5 Å². The molecule has 0 heterocycles. The van der Waals surface area contributed by atoms with E-state index >= 15 is 0 Å². The lowest BCUT2D eigenvalue weighted by Crippen LogP contribution is -2.35. The molecule has 2 N–H and O–H groups in total. The van der Waals surface area contributed by atoms with Gasteiger partial charge in [-0.1, -0.05) is 13.8 Å². The Bertz CT molecular complexity index is 583. The summed E-state index contributed by atoms with van der Waals surface area (Å²) in [5, 5.41) is 9.72. The van der Waals surface area contributed by atoms with E-state index in [1.807, 2.05) is 13.8 Å². The molecule has 1 rings (SSSR count). The minimum Gasteiger partial charge on any atom is -0.493 e. The van der Waals surface area contributed by atoms with Crippen LogP contribution < -0.4 is 14.2 Å². The first-order valence-electron chi connectivity index (χ1n) is 6.63. The summed E-state index contributed by atoms with van der Waals surface area (Å²) in [5.74, 6) is 0.781. The maximum atomic E-state index is 12.3. The molecule has 0 aromatic heterocycles. The molecule has 21 heavy (non-hydrogen) atoms. The van der Waals surface area contributed by atoms with Crippen molar-refractivity contribution < 1.29 is 23.0 Å². The van der Waals surface area contributed by atoms with Crippen LogP contribution in [-0.4, -0.2) is 40.4 Å². The Balaban J connectivity index is 3.08. The molecule has 1 atom stereocenters. The summed E-state index contributed by atoms with van der Waals surface area (Å²) in [6, 6.07) is 3.02. The van der Waals surface area contributed by atoms with Crippen LogP contribution in [-0.2, 0) is 10.0 Å². The van der Waals surface area contributed by atoms with Crippen molar-refractivity contribution in [3.05, 3.63) is 17.7 Å². The fourth-order valence-electron chi connectivity index (χ4n) is 1.76. The first-order chi connectivity index (χ1) is 9.72. The SMILES string of the molecule is COc1cc(C)c(S(=O)(=O)NCC(O)C(C)C)cc1OC. The van der Waals surface area contributed by atoms with Crippen LogP contribution >= 0.6 is 0 Å². The highest BCUT2D eigenvalue weighted by Gasteiger charge is 2.21. The summed E-state index contributed by atoms with van der Waals surface area (Å²) in [5.41, 5.74) is 0.541. The lowest BCUT2D eigenvalue weighted by molar-refractivity contribution is 0.129. The van der Waals surface area contributed by atoms with Gasteiger partial charge in [0.2, 0.25) is 10.0 Å². The highest BCUT2D eigenvalue weighted by Crippen LogP contribution is 2.32. The largest absolute Gasteiger partial charge is 0.493 e. The Hall–Kier alpha value is -1.31. The molecule has 1 unspecified atom stereocenters. The van der Waals surface area contributed by atoms with E-state index in [2.05, 4.69) is 4.72 Å². The van der Waals surface area contributed by atoms with E-state index in [9.17, 15) is 13.5 Å². The third-order valence-electron chi connectivity index (χ3n) is 3.22. The van der Waals surface area contributed by atoms with Gasteiger partial charge in [0.25, 0.3) is 0 Å². The lowest BCUT2D eigenvalue weighted by atomic mass is 10.1. The highest BCUT2D eigenvalue weighted by atomic mass is 32.2. The number of aliphatic hydroxyl groups is 1. The first-order valence-corrected chi connectivity index (χ1v) is 8.11. The Morgan fingerprint density at radius 1 is 1.19 bits per heavy atom. The molecule has 6 nitrogen and oxygen atoms in total. The van der Waals surface area contributed by atoms with Gasteiger partial charge in [-0.2, -0.15) is 0 Å². The van der Waals surface area contributed by atoms with Crippen LogP contribution in [0.5, 0.6) is 11.5 Å². The third kappa shape index (κ3) is 4.33. The summed E-state index contributed by atoms with van der Waals surface area (Å²) in [7, 11) is -0.790. The van der Waals surface area contributed by atoms with Crippen molar-refractivity contribution in [3.8, 4) is 11.5 Å². The van der Waals surface area contributed by atoms with Crippen LogP contribution in [0, 0.1) is 12.8 Å². The number of rotatable bonds is 7. The molecule has 0 amide bonds. The molecule has 0 fully saturated rings. The minimum absolute atomic E-state index is 0.0285. The van der Waals surface area contributed by atoms with Crippen LogP contribution in [0.25, 0.3) is 0 Å². The quantitative estimate of drug-likeness (QED) is 0.792. The van der Waals surface area contributed by atoms with E-state index in [0.717, 1.165) is 0 Å². The summed E-state index contributed by atoms with van der Waals surface area (Å²) in [4.78, 5) is 0.108. The first kappa shape index (κ1) is 17.7. The molecule has 0 bridgehead atoms. The van der Waals surface area contributed by atoms with Crippen LogP contribution in [0.1, 0.15) is 19.4 Å². The van der Waals surface area contributed by atoms with Crippen LogP contribution in [0.15, 0.2) is 17.0 Å². The van der Waals surface area contributed by atoms with Crippen molar-refractivity contribution in [3.63, 3.8) is 0 Å². The number of aliphatic hydroxyl groups excluding tert-OH is 1. The molecule has 0 radical (unpaired) electrons. The van der Waals surface area contributed by atoms with E-state index in [4.69, 9.17) is 9.47 Å². The Kier molecular flexibility index (Phi) is 6.00. The monoisotopic (exact) mass is 317 g/mol. The molecule has 0 spiro atoms. The van der Waals surface area contributed by atoms with Crippen LogP contribution in [0.4, 0.5) is 0 Å². The van der Waals surface area contributed by atoms with Gasteiger partial charge in [0, 0.05) is 12.6 Å². The second kappa shape index (κ2) is 7.11. The van der Waals surface area contributed by atoms with Gasteiger partial charge in [-0.3, -0.25) is 0 Å². The molecule has 0 saturated heterocycles. The second-order valence-electron chi connectivity index (χ2n) is 5.14. The normalized spacial score (nSPS) is 13.3. The Labute approximate surface area is 126 Å². The van der Waals surface area contributed by atoms with Crippen molar-refractivity contribution >= 4 is 10.0 Å². The number of sulfonamides is 1. The van der Waals surface area contributed by atoms with Crippen molar-refractivity contribution in [1.82, 2.24) is 4.72 Å². The van der Waals surface area contributed by atoms with Crippen LogP contribution in [0.3, 0.4) is 0 Å². The molecule has 0 saturated carbocycles. The van der Waals surface area contributed by atoms with Crippen molar-refractivity contribution in [2.45, 2.75) is 31.8 Å². The average Bonchev–Trinajstić information content (AvgIpc) is 2.43. The Morgan fingerprint density at radius 2 is 1.71 bits per heavy atom. The summed E-state index contributed by atoms with van der Waals surface area (Å²) in [6.07, 6.45) is -0.736. The number of methoxy groups -OCH3 is 2. The van der Waals surface area contributed by atoms with Gasteiger partial charge >= 0.3 is 0 Å². The van der Waals surface area contributed by atoms with E-state index in [-0.39, 0.29) is 17.4 Å². The maximum Gasteiger partial charge on any atom is 0.241 e. The lowest BCUT2D eigenvalue weighted by Gasteiger charge is -2.17. The zero-order valence-corrected chi connectivity index (χ0v) is 13.8. The topological polar surface area (TPSA) is 84.9 Å². The predicted octanol–water partition coefficient (Wildman–Crippen LogP) is 1.31. The van der Waals surface area contributed by atoms with Gasteiger partial charge < -0.3 is 14.6 Å². The van der Waals surface area contributed by atoms with E-state index < -0.39 is 16.1 Å². The van der Waals surface area contributed by atoms with Crippen LogP contribution in [0.2, 0.25) is 0 Å². The Morgan fingerprint density at radius 3 is 2.19 bits per heavy atom. The van der Waals surface area contributed by atoms with E-state index in [1.54, 1.807) is 13.0 Å². The molecular formula is C14H23NO5S. The van der Waals surface area contributed by atoms with Crippen molar-refractivity contribution in [2.75, 3.05) is 20.8 Å². The van der Waals surface area contributed by atoms with Crippen molar-refractivity contribution in [2.24, 2.45) is 5.92 Å². The van der Waals surface area contributed by atoms with Gasteiger partial charge in [0.1, 0.15) is 0 Å². The van der Waals surface area contributed by atoms with Gasteiger partial charge in [0.05, 0.1) is 25.2 Å². The van der Waals surface area contributed by atoms with Gasteiger partial charge in [-0.05, 0) is 24.5 Å². The van der Waals surface area contributed by atoms with E-state index in [0.29, 0.717) is 17.1 Å². The molecule has 0 aliphatic heterocycles. The fraction of sp³-hybridized carbons (Fsp3) is 0.571. The third-order valence-corrected chi connectivity index (χ3v) is 4.79. The molecular weight excluding hydrogens is 294 g/mol. The fourth-order valence-corrected chi connectivity index (χ4v) is 3.05. The summed E-state index contributed by atoms with van der Waals surface area (Å²) in [6.45, 7) is 5.28. The molecule has 120 valence electrons. The maximum absolute atomic E-state index is 12.3. The molecule has 0 aliphatic carbocycles. The number of ether oxygens (including phenoxy) is 2. The zero-order valence-electron chi connectivity index (χ0n) is 13.0. The highest BCUT2D eigenvalue weighted by molar-refractivity contribution is 7.89. The zero-order chi connectivity index (χ0) is 16.2. The van der Waals surface area contributed by atoms with E-state index in [1.165, 1.54) is 20.3 Å².